The number of benzene rings is 1. The van der Waals surface area contributed by atoms with Gasteiger partial charge in [0.05, 0.1) is 16.7 Å². The van der Waals surface area contributed by atoms with Crippen LogP contribution in [0.5, 0.6) is 0 Å². The van der Waals surface area contributed by atoms with Crippen LogP contribution in [0.4, 0.5) is 25.2 Å². The van der Waals surface area contributed by atoms with Crippen LogP contribution in [-0.4, -0.2) is 83.4 Å². The third-order valence-electron chi connectivity index (χ3n) is 8.03. The first-order valence-electron chi connectivity index (χ1n) is 15.0. The summed E-state index contributed by atoms with van der Waals surface area (Å²) in [7, 11) is 1.45. The summed E-state index contributed by atoms with van der Waals surface area (Å²) in [5, 5.41) is 14.5. The summed E-state index contributed by atoms with van der Waals surface area (Å²) in [4.78, 5) is 36.0. The second-order valence-corrected chi connectivity index (χ2v) is 13.8. The summed E-state index contributed by atoms with van der Waals surface area (Å²) in [5.74, 6) is -1.74. The molecule has 0 saturated carbocycles. The molecule has 3 aromatic rings. The fourth-order valence-electron chi connectivity index (χ4n) is 5.49. The fraction of sp³-hybridized carbons (Fsp3) is 0.533. The van der Waals surface area contributed by atoms with E-state index in [-0.39, 0.29) is 22.8 Å². The van der Waals surface area contributed by atoms with Gasteiger partial charge in [-0.2, -0.15) is 9.71 Å². The largest absolute Gasteiger partial charge is 0.573 e. The van der Waals surface area contributed by atoms with E-state index in [2.05, 4.69) is 20.0 Å². The maximum absolute atomic E-state index is 15.6. The highest BCUT2D eigenvalue weighted by Gasteiger charge is 2.35. The highest BCUT2D eigenvalue weighted by atomic mass is 32.2. The Labute approximate surface area is 263 Å². The molecule has 0 bridgehead atoms. The number of ether oxygens (including phenoxy) is 1. The van der Waals surface area contributed by atoms with Crippen molar-refractivity contribution in [3.8, 4) is 11.1 Å². The number of nitrogens with one attached hydrogen (secondary N) is 2. The Balaban J connectivity index is 1.27. The number of aliphatic hydroxyl groups is 1. The van der Waals surface area contributed by atoms with Crippen LogP contribution in [0.1, 0.15) is 52.9 Å². The number of halogens is 2. The van der Waals surface area contributed by atoms with Crippen LogP contribution in [0.2, 0.25) is 0 Å². The SMILES string of the molecule is Cn1c(=O)c(-c2c(F)ccc(N[S+]([O-])N3CCCC3)c2F)cc2cnc(NCCC3(O)CCN(C(=O)OC(C)(C)C)CC3)nc21. The Morgan fingerprint density at radius 3 is 2.53 bits per heavy atom. The average Bonchev–Trinajstić information content (AvgIpc) is 3.52. The van der Waals surface area contributed by atoms with Crippen molar-refractivity contribution in [2.24, 2.45) is 7.05 Å². The molecule has 45 heavy (non-hydrogen) atoms. The number of nitrogens with zero attached hydrogens (tertiary/aromatic N) is 5. The molecule has 1 unspecified atom stereocenters. The summed E-state index contributed by atoms with van der Waals surface area (Å²) in [6.45, 7) is 7.70. The molecular formula is C30H39F2N7O5S. The molecule has 2 aliphatic heterocycles. The van der Waals surface area contributed by atoms with Gasteiger partial charge in [0.1, 0.15) is 22.8 Å². The number of hydrogen-bond acceptors (Lipinski definition) is 10. The highest BCUT2D eigenvalue weighted by molar-refractivity contribution is 7.90. The molecule has 2 fully saturated rings. The van der Waals surface area contributed by atoms with E-state index in [9.17, 15) is 23.6 Å². The Hall–Kier alpha value is -3.53. The quantitative estimate of drug-likeness (QED) is 0.307. The van der Waals surface area contributed by atoms with Crippen molar-refractivity contribution in [3.63, 3.8) is 0 Å². The van der Waals surface area contributed by atoms with Crippen molar-refractivity contribution < 1.29 is 28.0 Å². The summed E-state index contributed by atoms with van der Waals surface area (Å²) in [5.41, 5.74) is -2.93. The Morgan fingerprint density at radius 1 is 1.18 bits per heavy atom. The molecule has 2 aromatic heterocycles. The smallest absolute Gasteiger partial charge is 0.410 e. The van der Waals surface area contributed by atoms with Gasteiger partial charge in [-0.05, 0) is 71.1 Å². The topological polar surface area (TPSA) is 148 Å². The lowest BCUT2D eigenvalue weighted by Crippen LogP contribution is -2.48. The zero-order valence-corrected chi connectivity index (χ0v) is 26.7. The number of carbonyl (C=O) groups is 1. The van der Waals surface area contributed by atoms with Crippen LogP contribution in [0, 0.1) is 11.6 Å². The lowest BCUT2D eigenvalue weighted by Gasteiger charge is -2.38. The molecular weight excluding hydrogens is 608 g/mol. The first kappa shape index (κ1) is 32.9. The number of hydrogen-bond donors (Lipinski definition) is 3. The summed E-state index contributed by atoms with van der Waals surface area (Å²) >= 11 is -1.70. The number of rotatable bonds is 8. The normalized spacial score (nSPS) is 17.8. The van der Waals surface area contributed by atoms with Gasteiger partial charge in [-0.1, -0.05) is 0 Å². The molecule has 0 spiro atoms. The third-order valence-corrected chi connectivity index (χ3v) is 9.25. The molecule has 0 aliphatic carbocycles. The summed E-state index contributed by atoms with van der Waals surface area (Å²) in [6, 6.07) is 3.53. The van der Waals surface area contributed by atoms with E-state index in [1.165, 1.54) is 23.9 Å². The molecule has 244 valence electrons. The van der Waals surface area contributed by atoms with Crippen LogP contribution in [0.25, 0.3) is 22.2 Å². The number of pyridine rings is 1. The number of piperidine rings is 1. The van der Waals surface area contributed by atoms with Crippen molar-refractivity contribution in [3.05, 3.63) is 46.4 Å². The molecule has 2 saturated heterocycles. The summed E-state index contributed by atoms with van der Waals surface area (Å²) < 4.78 is 54.1. The van der Waals surface area contributed by atoms with E-state index >= 15 is 4.39 Å². The van der Waals surface area contributed by atoms with Gasteiger partial charge in [0.15, 0.2) is 17.4 Å². The highest BCUT2D eigenvalue weighted by Crippen LogP contribution is 2.32. The van der Waals surface area contributed by atoms with Crippen LogP contribution in [-0.2, 0) is 23.3 Å². The first-order valence-corrected chi connectivity index (χ1v) is 16.1. The van der Waals surface area contributed by atoms with Gasteiger partial charge in [0.2, 0.25) is 5.95 Å². The second-order valence-electron chi connectivity index (χ2n) is 12.5. The van der Waals surface area contributed by atoms with Crippen molar-refractivity contribution >= 4 is 40.3 Å². The molecule has 12 nitrogen and oxygen atoms in total. The van der Waals surface area contributed by atoms with Crippen molar-refractivity contribution in [2.45, 2.75) is 64.1 Å². The van der Waals surface area contributed by atoms with Crippen LogP contribution in [0.3, 0.4) is 0 Å². The van der Waals surface area contributed by atoms with Gasteiger partial charge in [-0.25, -0.2) is 18.6 Å². The molecule has 15 heteroatoms. The maximum Gasteiger partial charge on any atom is 0.410 e. The molecule has 3 N–H and O–H groups in total. The van der Waals surface area contributed by atoms with Gasteiger partial charge < -0.3 is 24.6 Å². The van der Waals surface area contributed by atoms with Crippen molar-refractivity contribution in [1.82, 2.24) is 23.7 Å². The van der Waals surface area contributed by atoms with Gasteiger partial charge in [0, 0.05) is 51.4 Å². The lowest BCUT2D eigenvalue weighted by molar-refractivity contribution is -0.0345. The number of likely N-dealkylation sites (tertiary alicyclic amines) is 1. The number of amides is 1. The maximum atomic E-state index is 15.6. The predicted octanol–water partition coefficient (Wildman–Crippen LogP) is 3.92. The minimum atomic E-state index is -1.70. The number of carbonyl (C=O) groups excluding carboxylic acids is 1. The van der Waals surface area contributed by atoms with Crippen molar-refractivity contribution in [2.75, 3.05) is 42.8 Å². The molecule has 0 radical (unpaired) electrons. The molecule has 1 aromatic carbocycles. The van der Waals surface area contributed by atoms with E-state index in [0.29, 0.717) is 57.4 Å². The third kappa shape index (κ3) is 7.48. The van der Waals surface area contributed by atoms with Crippen LogP contribution < -0.4 is 15.6 Å². The first-order chi connectivity index (χ1) is 21.2. The van der Waals surface area contributed by atoms with Crippen molar-refractivity contribution in [1.29, 1.82) is 0 Å². The standard InChI is InChI=1S/C30H39F2N7O5S/c1-29(2,3)44-28(41)38-15-10-30(42,11-16-38)9-12-33-27-34-18-19-17-20(26(40)37(4)25(19)35-27)23-21(31)7-8-22(24(23)32)36-45(43)39-13-5-6-14-39/h7-8,17-18,36,42H,5-6,9-16H2,1-4H3,(H,33,34,35). The second kappa shape index (κ2) is 13.1. The number of anilines is 2. The van der Waals surface area contributed by atoms with E-state index in [1.807, 2.05) is 0 Å². The molecule has 1 amide bonds. The average molecular weight is 648 g/mol. The van der Waals surface area contributed by atoms with Crippen LogP contribution in [0.15, 0.2) is 29.2 Å². The van der Waals surface area contributed by atoms with Gasteiger partial charge in [-0.15, -0.1) is 4.31 Å². The number of fused-ring (bicyclic) bond motifs is 1. The monoisotopic (exact) mass is 647 g/mol. The minimum Gasteiger partial charge on any atom is -0.573 e. The predicted molar refractivity (Wildman–Crippen MR) is 168 cm³/mol. The Bertz CT molecular complexity index is 1620. The Kier molecular flexibility index (Phi) is 9.54. The van der Waals surface area contributed by atoms with Gasteiger partial charge in [0.25, 0.3) is 5.56 Å². The minimum absolute atomic E-state index is 0.174. The van der Waals surface area contributed by atoms with E-state index in [0.717, 1.165) is 25.0 Å². The Morgan fingerprint density at radius 2 is 1.87 bits per heavy atom. The summed E-state index contributed by atoms with van der Waals surface area (Å²) in [6.07, 6.45) is 3.97. The van der Waals surface area contributed by atoms with Crippen LogP contribution >= 0.6 is 0 Å². The van der Waals surface area contributed by atoms with E-state index in [4.69, 9.17) is 4.74 Å². The number of aromatic nitrogens is 3. The fourth-order valence-corrected chi connectivity index (χ4v) is 6.56. The molecule has 4 heterocycles. The van der Waals surface area contributed by atoms with Gasteiger partial charge in [-0.3, -0.25) is 9.36 Å². The van der Waals surface area contributed by atoms with E-state index < -0.39 is 51.6 Å². The number of aryl methyl sites for hydroxylation is 1. The van der Waals surface area contributed by atoms with E-state index in [1.54, 1.807) is 30.0 Å². The zero-order valence-electron chi connectivity index (χ0n) is 25.9. The zero-order chi connectivity index (χ0) is 32.5. The molecule has 1 atom stereocenters. The molecule has 5 rings (SSSR count). The lowest BCUT2D eigenvalue weighted by atomic mass is 9.88. The van der Waals surface area contributed by atoms with Gasteiger partial charge >= 0.3 is 6.09 Å². The molecule has 2 aliphatic rings.